The summed E-state index contributed by atoms with van der Waals surface area (Å²) in [4.78, 5) is 24.6. The summed E-state index contributed by atoms with van der Waals surface area (Å²) in [5, 5.41) is 6.85. The van der Waals surface area contributed by atoms with Crippen LogP contribution < -0.4 is 10.6 Å². The highest BCUT2D eigenvalue weighted by Crippen LogP contribution is 2.22. The van der Waals surface area contributed by atoms with Crippen LogP contribution in [-0.4, -0.2) is 23.7 Å². The van der Waals surface area contributed by atoms with Crippen LogP contribution in [0.5, 0.6) is 0 Å². The summed E-state index contributed by atoms with van der Waals surface area (Å²) in [6, 6.07) is 19.0. The number of carbonyl (C=O) groups excluding carboxylic acids is 2. The van der Waals surface area contributed by atoms with E-state index >= 15 is 0 Å². The van der Waals surface area contributed by atoms with Gasteiger partial charge in [-0.25, -0.2) is 0 Å². The van der Waals surface area contributed by atoms with Gasteiger partial charge in [-0.15, -0.1) is 0 Å². The van der Waals surface area contributed by atoms with Gasteiger partial charge in [-0.05, 0) is 26.7 Å². The molecule has 4 heteroatoms. The maximum atomic E-state index is 12.3. The van der Waals surface area contributed by atoms with Crippen molar-refractivity contribution in [3.05, 3.63) is 95.3 Å². The fraction of sp³-hybridized carbons (Fsp3) is 0.250. The molecule has 0 aromatic heterocycles. The zero-order valence-electron chi connectivity index (χ0n) is 16.3. The molecule has 2 aromatic rings. The van der Waals surface area contributed by atoms with Crippen LogP contribution >= 0.6 is 0 Å². The Kier molecular flexibility index (Phi) is 6.43. The minimum atomic E-state index is -0.000957. The quantitative estimate of drug-likeness (QED) is 0.535. The third kappa shape index (κ3) is 5.19. The maximum Gasteiger partial charge on any atom is 0.187 e. The average molecular weight is 374 g/mol. The first-order valence-corrected chi connectivity index (χ1v) is 9.61. The lowest BCUT2D eigenvalue weighted by atomic mass is 9.85. The van der Waals surface area contributed by atoms with E-state index in [4.69, 9.17) is 0 Å². The number of ketones is 2. The predicted octanol–water partition coefficient (Wildman–Crippen LogP) is 4.27. The van der Waals surface area contributed by atoms with Crippen molar-refractivity contribution < 1.29 is 9.59 Å². The van der Waals surface area contributed by atoms with E-state index in [9.17, 15) is 9.59 Å². The van der Waals surface area contributed by atoms with Crippen LogP contribution in [0.3, 0.4) is 0 Å². The maximum absolute atomic E-state index is 12.3. The minimum Gasteiger partial charge on any atom is -0.384 e. The smallest absolute Gasteiger partial charge is 0.187 e. The molecule has 0 aliphatic heterocycles. The molecule has 0 spiro atoms. The Morgan fingerprint density at radius 1 is 0.714 bits per heavy atom. The van der Waals surface area contributed by atoms with Crippen molar-refractivity contribution in [2.45, 2.75) is 38.8 Å². The highest BCUT2D eigenvalue weighted by Gasteiger charge is 2.30. The molecule has 1 saturated carbocycles. The topological polar surface area (TPSA) is 58.2 Å². The van der Waals surface area contributed by atoms with E-state index in [1.807, 2.05) is 74.5 Å². The highest BCUT2D eigenvalue weighted by molar-refractivity contribution is 6.05. The molecule has 0 unspecified atom stereocenters. The first-order chi connectivity index (χ1) is 13.5. The summed E-state index contributed by atoms with van der Waals surface area (Å²) in [5.74, 6) is -0.00191. The Labute approximate surface area is 166 Å². The number of nitrogens with one attached hydrogen (secondary N) is 2. The molecule has 4 nitrogen and oxygen atoms in total. The summed E-state index contributed by atoms with van der Waals surface area (Å²) in [7, 11) is 0. The zero-order chi connectivity index (χ0) is 19.9. The van der Waals surface area contributed by atoms with Crippen molar-refractivity contribution in [2.24, 2.45) is 0 Å². The number of hydrogen-bond donors (Lipinski definition) is 2. The SMILES string of the molecule is C/C(=C\C(=O)c1ccccc1)N[C@H]1CC[C@H]1N/C(C)=C/C(=O)c1ccccc1. The van der Waals surface area contributed by atoms with Crippen molar-refractivity contribution in [1.82, 2.24) is 10.6 Å². The zero-order valence-corrected chi connectivity index (χ0v) is 16.3. The van der Waals surface area contributed by atoms with Crippen molar-refractivity contribution >= 4 is 11.6 Å². The van der Waals surface area contributed by atoms with Crippen LogP contribution in [0.25, 0.3) is 0 Å². The Morgan fingerprint density at radius 3 is 1.39 bits per heavy atom. The molecule has 28 heavy (non-hydrogen) atoms. The third-order valence-corrected chi connectivity index (χ3v) is 4.91. The summed E-state index contributed by atoms with van der Waals surface area (Å²) in [6.45, 7) is 3.83. The van der Waals surface area contributed by atoms with E-state index in [0.717, 1.165) is 24.2 Å². The Bertz CT molecular complexity index is 810. The van der Waals surface area contributed by atoms with Gasteiger partial charge in [0.05, 0.1) is 0 Å². The molecule has 0 radical (unpaired) electrons. The number of hydrogen-bond acceptors (Lipinski definition) is 4. The summed E-state index contributed by atoms with van der Waals surface area (Å²) in [5.41, 5.74) is 3.08. The molecule has 1 aliphatic rings. The fourth-order valence-corrected chi connectivity index (χ4v) is 3.28. The Morgan fingerprint density at radius 2 is 1.07 bits per heavy atom. The largest absolute Gasteiger partial charge is 0.384 e. The number of benzene rings is 2. The third-order valence-electron chi connectivity index (χ3n) is 4.91. The van der Waals surface area contributed by atoms with E-state index in [2.05, 4.69) is 10.6 Å². The molecule has 0 amide bonds. The molecule has 2 aromatic carbocycles. The van der Waals surface area contributed by atoms with Crippen LogP contribution in [0.15, 0.2) is 84.2 Å². The van der Waals surface area contributed by atoms with E-state index < -0.39 is 0 Å². The number of allylic oxidation sites excluding steroid dienone is 4. The van der Waals surface area contributed by atoms with E-state index in [-0.39, 0.29) is 23.7 Å². The van der Waals surface area contributed by atoms with Crippen LogP contribution in [0.1, 0.15) is 47.4 Å². The second-order valence-electron chi connectivity index (χ2n) is 7.19. The van der Waals surface area contributed by atoms with Gasteiger partial charge in [0.1, 0.15) is 0 Å². The fourth-order valence-electron chi connectivity index (χ4n) is 3.28. The van der Waals surface area contributed by atoms with Crippen LogP contribution in [0.2, 0.25) is 0 Å². The molecule has 2 N–H and O–H groups in total. The van der Waals surface area contributed by atoms with E-state index in [1.165, 1.54) is 0 Å². The van der Waals surface area contributed by atoms with Gasteiger partial charge in [0.2, 0.25) is 0 Å². The van der Waals surface area contributed by atoms with Crippen LogP contribution in [-0.2, 0) is 0 Å². The standard InChI is InChI=1S/C24H26N2O2/c1-17(15-23(27)19-9-5-3-6-10-19)25-21-13-14-22(21)26-18(2)16-24(28)20-11-7-4-8-12-20/h3-12,15-16,21-22,25-26H,13-14H2,1-2H3/b17-15+,18-16+/t21-,22+. The molecule has 144 valence electrons. The highest BCUT2D eigenvalue weighted by atomic mass is 16.1. The second kappa shape index (κ2) is 9.18. The van der Waals surface area contributed by atoms with Crippen LogP contribution in [0.4, 0.5) is 0 Å². The normalized spacial score (nSPS) is 19.5. The summed E-state index contributed by atoms with van der Waals surface area (Å²) in [6.07, 6.45) is 5.35. The number of rotatable bonds is 8. The van der Waals surface area contributed by atoms with Gasteiger partial charge in [0, 0.05) is 46.8 Å². The van der Waals surface area contributed by atoms with E-state index in [0.29, 0.717) is 11.1 Å². The minimum absolute atomic E-state index is 0.000957. The summed E-state index contributed by atoms with van der Waals surface area (Å²) < 4.78 is 0. The molecule has 0 saturated heterocycles. The molecule has 3 rings (SSSR count). The van der Waals surface area contributed by atoms with Gasteiger partial charge in [-0.3, -0.25) is 9.59 Å². The Balaban J connectivity index is 1.54. The Hall–Kier alpha value is -3.14. The van der Waals surface area contributed by atoms with Gasteiger partial charge in [0.15, 0.2) is 11.6 Å². The number of carbonyl (C=O) groups is 2. The van der Waals surface area contributed by atoms with Gasteiger partial charge in [-0.1, -0.05) is 60.7 Å². The van der Waals surface area contributed by atoms with Crippen molar-refractivity contribution in [3.8, 4) is 0 Å². The molecule has 1 aliphatic carbocycles. The molecule has 0 heterocycles. The second-order valence-corrected chi connectivity index (χ2v) is 7.19. The molecular formula is C24H26N2O2. The van der Waals surface area contributed by atoms with Crippen molar-refractivity contribution in [3.63, 3.8) is 0 Å². The van der Waals surface area contributed by atoms with Gasteiger partial charge >= 0.3 is 0 Å². The van der Waals surface area contributed by atoms with Crippen molar-refractivity contribution in [2.75, 3.05) is 0 Å². The lowest BCUT2D eigenvalue weighted by Crippen LogP contribution is -2.54. The monoisotopic (exact) mass is 374 g/mol. The lowest BCUT2D eigenvalue weighted by Gasteiger charge is -2.39. The molecular weight excluding hydrogens is 348 g/mol. The van der Waals surface area contributed by atoms with Gasteiger partial charge in [-0.2, -0.15) is 0 Å². The molecule has 2 atom stereocenters. The summed E-state index contributed by atoms with van der Waals surface area (Å²) >= 11 is 0. The van der Waals surface area contributed by atoms with Gasteiger partial charge in [0.25, 0.3) is 0 Å². The van der Waals surface area contributed by atoms with Crippen molar-refractivity contribution in [1.29, 1.82) is 0 Å². The first-order valence-electron chi connectivity index (χ1n) is 9.61. The van der Waals surface area contributed by atoms with Crippen LogP contribution in [0, 0.1) is 0 Å². The van der Waals surface area contributed by atoms with Gasteiger partial charge < -0.3 is 10.6 Å². The first kappa shape index (κ1) is 19.6. The average Bonchev–Trinajstić information content (AvgIpc) is 2.70. The van der Waals surface area contributed by atoms with E-state index in [1.54, 1.807) is 12.2 Å². The predicted molar refractivity (Wildman–Crippen MR) is 112 cm³/mol. The molecule has 1 fully saturated rings. The molecule has 0 bridgehead atoms. The lowest BCUT2D eigenvalue weighted by molar-refractivity contribution is 0.103.